The molecule has 0 rings (SSSR count). The third-order valence-corrected chi connectivity index (χ3v) is 2.19. The summed E-state index contributed by atoms with van der Waals surface area (Å²) in [6, 6.07) is -0.285. The van der Waals surface area contributed by atoms with E-state index in [0.717, 1.165) is 13.1 Å². The van der Waals surface area contributed by atoms with Gasteiger partial charge in [-0.1, -0.05) is 6.92 Å². The van der Waals surface area contributed by atoms with Crippen molar-refractivity contribution in [2.75, 3.05) is 40.4 Å². The Balaban J connectivity index is 3.94. The van der Waals surface area contributed by atoms with E-state index in [0.29, 0.717) is 13.2 Å². The van der Waals surface area contributed by atoms with E-state index in [1.807, 2.05) is 6.92 Å². The van der Waals surface area contributed by atoms with Crippen LogP contribution >= 0.6 is 0 Å². The topological polar surface area (TPSA) is 67.6 Å². The lowest BCUT2D eigenvalue weighted by molar-refractivity contribution is -0.120. The number of hydrogen-bond donors (Lipinski definition) is 2. The van der Waals surface area contributed by atoms with Gasteiger partial charge in [-0.25, -0.2) is 0 Å². The Morgan fingerprint density at radius 2 is 2.29 bits per heavy atom. The lowest BCUT2D eigenvalue weighted by Gasteiger charge is -2.23. The second-order valence-electron chi connectivity index (χ2n) is 3.13. The van der Waals surface area contributed by atoms with Gasteiger partial charge in [0.1, 0.15) is 0 Å². The quantitative estimate of drug-likeness (QED) is 0.532. The fraction of sp³-hybridized carbons (Fsp3) is 0.889. The van der Waals surface area contributed by atoms with Crippen LogP contribution in [0.5, 0.6) is 0 Å². The molecule has 1 atom stereocenters. The second kappa shape index (κ2) is 7.73. The van der Waals surface area contributed by atoms with Crippen LogP contribution in [0.3, 0.4) is 0 Å². The summed E-state index contributed by atoms with van der Waals surface area (Å²) in [6.45, 7) is 5.05. The van der Waals surface area contributed by atoms with E-state index in [2.05, 4.69) is 10.2 Å². The monoisotopic (exact) mass is 203 g/mol. The number of nitrogens with one attached hydrogen (secondary N) is 1. The lowest BCUT2D eigenvalue weighted by atomic mass is 10.2. The fourth-order valence-electron chi connectivity index (χ4n) is 1.18. The highest BCUT2D eigenvalue weighted by atomic mass is 16.5. The molecular weight excluding hydrogens is 182 g/mol. The van der Waals surface area contributed by atoms with Gasteiger partial charge in [0, 0.05) is 20.2 Å². The first kappa shape index (κ1) is 13.4. The molecule has 84 valence electrons. The van der Waals surface area contributed by atoms with Crippen LogP contribution in [0.2, 0.25) is 0 Å². The Morgan fingerprint density at radius 3 is 2.64 bits per heavy atom. The van der Waals surface area contributed by atoms with Crippen LogP contribution in [0.15, 0.2) is 0 Å². The molecule has 5 nitrogen and oxygen atoms in total. The minimum atomic E-state index is -0.316. The Bertz CT molecular complexity index is 164. The Labute approximate surface area is 85.6 Å². The maximum absolute atomic E-state index is 11.0. The van der Waals surface area contributed by atoms with Crippen molar-refractivity contribution in [3.8, 4) is 0 Å². The normalized spacial score (nSPS) is 13.1. The minimum Gasteiger partial charge on any atom is -0.383 e. The minimum absolute atomic E-state index is 0.285. The summed E-state index contributed by atoms with van der Waals surface area (Å²) < 4.78 is 4.97. The molecule has 0 spiro atoms. The molecule has 14 heavy (non-hydrogen) atoms. The molecule has 0 bridgehead atoms. The van der Waals surface area contributed by atoms with Crippen LogP contribution < -0.4 is 11.1 Å². The number of carbonyl (C=O) groups is 1. The lowest BCUT2D eigenvalue weighted by Crippen LogP contribution is -2.48. The number of carbonyl (C=O) groups excluding carboxylic acids is 1. The Kier molecular flexibility index (Phi) is 7.37. The van der Waals surface area contributed by atoms with Gasteiger partial charge in [-0.2, -0.15) is 0 Å². The third-order valence-electron chi connectivity index (χ3n) is 2.19. The number of methoxy groups -OCH3 is 1. The molecule has 1 amide bonds. The van der Waals surface area contributed by atoms with Crippen molar-refractivity contribution >= 4 is 5.91 Å². The molecule has 0 aromatic heterocycles. The van der Waals surface area contributed by atoms with E-state index < -0.39 is 0 Å². The van der Waals surface area contributed by atoms with Crippen molar-refractivity contribution in [2.24, 2.45) is 5.73 Å². The van der Waals surface area contributed by atoms with Crippen LogP contribution in [0.1, 0.15) is 6.92 Å². The van der Waals surface area contributed by atoms with E-state index in [-0.39, 0.29) is 11.9 Å². The number of amides is 1. The molecule has 0 aliphatic heterocycles. The van der Waals surface area contributed by atoms with Crippen LogP contribution in [0.25, 0.3) is 0 Å². The zero-order valence-corrected chi connectivity index (χ0v) is 9.25. The van der Waals surface area contributed by atoms with E-state index in [1.54, 1.807) is 14.2 Å². The molecule has 5 heteroatoms. The van der Waals surface area contributed by atoms with Crippen molar-refractivity contribution in [3.63, 3.8) is 0 Å². The number of likely N-dealkylation sites (N-methyl/N-ethyl adjacent to an activating group) is 2. The maximum Gasteiger partial charge on any atom is 0.235 e. The molecule has 0 aliphatic rings. The van der Waals surface area contributed by atoms with Crippen molar-refractivity contribution in [3.05, 3.63) is 0 Å². The molecule has 0 fully saturated rings. The second-order valence-corrected chi connectivity index (χ2v) is 3.13. The van der Waals surface area contributed by atoms with Crippen LogP contribution in [0.4, 0.5) is 0 Å². The highest BCUT2D eigenvalue weighted by molar-refractivity contribution is 5.80. The van der Waals surface area contributed by atoms with Crippen LogP contribution in [-0.4, -0.2) is 57.2 Å². The van der Waals surface area contributed by atoms with E-state index in [9.17, 15) is 4.79 Å². The predicted octanol–water partition coefficient (Wildman–Crippen LogP) is -0.972. The molecule has 3 N–H and O–H groups in total. The van der Waals surface area contributed by atoms with Gasteiger partial charge in [0.15, 0.2) is 0 Å². The molecule has 0 aromatic rings. The molecule has 1 unspecified atom stereocenters. The zero-order valence-electron chi connectivity index (χ0n) is 9.25. The smallest absolute Gasteiger partial charge is 0.235 e. The predicted molar refractivity (Wildman–Crippen MR) is 56.0 cm³/mol. The largest absolute Gasteiger partial charge is 0.383 e. The van der Waals surface area contributed by atoms with Gasteiger partial charge in [0.2, 0.25) is 5.91 Å². The highest BCUT2D eigenvalue weighted by Crippen LogP contribution is 1.92. The summed E-state index contributed by atoms with van der Waals surface area (Å²) in [4.78, 5) is 13.1. The first-order chi connectivity index (χ1) is 6.65. The van der Waals surface area contributed by atoms with Gasteiger partial charge in [-0.05, 0) is 13.6 Å². The first-order valence-electron chi connectivity index (χ1n) is 4.83. The molecular formula is C9H21N3O2. The van der Waals surface area contributed by atoms with Gasteiger partial charge in [0.05, 0.1) is 12.6 Å². The zero-order chi connectivity index (χ0) is 11.0. The van der Waals surface area contributed by atoms with Crippen molar-refractivity contribution in [1.82, 2.24) is 10.2 Å². The standard InChI is InChI=1S/C9H21N3O2/c1-4-12(5-6-14-3)7-8(11-2)9(10)13/h8,11H,4-7H2,1-3H3,(H2,10,13). The summed E-state index contributed by atoms with van der Waals surface area (Å²) in [5.41, 5.74) is 5.22. The van der Waals surface area contributed by atoms with Crippen molar-refractivity contribution in [1.29, 1.82) is 0 Å². The highest BCUT2D eigenvalue weighted by Gasteiger charge is 2.15. The third kappa shape index (κ3) is 5.16. The number of rotatable bonds is 8. The number of nitrogens with zero attached hydrogens (tertiary/aromatic N) is 1. The number of hydrogen-bond acceptors (Lipinski definition) is 4. The average molecular weight is 203 g/mol. The molecule has 0 saturated carbocycles. The number of primary amides is 1. The summed E-state index contributed by atoms with van der Waals surface area (Å²) in [5, 5.41) is 2.89. The molecule has 0 radical (unpaired) electrons. The Hall–Kier alpha value is -0.650. The summed E-state index contributed by atoms with van der Waals surface area (Å²) in [7, 11) is 3.40. The van der Waals surface area contributed by atoms with Gasteiger partial charge in [-0.3, -0.25) is 9.69 Å². The SMILES string of the molecule is CCN(CCOC)CC(NC)C(N)=O. The van der Waals surface area contributed by atoms with E-state index in [1.165, 1.54) is 0 Å². The van der Waals surface area contributed by atoms with E-state index in [4.69, 9.17) is 10.5 Å². The number of ether oxygens (including phenoxy) is 1. The van der Waals surface area contributed by atoms with Crippen molar-refractivity contribution < 1.29 is 9.53 Å². The van der Waals surface area contributed by atoms with Gasteiger partial charge in [0.25, 0.3) is 0 Å². The van der Waals surface area contributed by atoms with Crippen LogP contribution in [-0.2, 0) is 9.53 Å². The number of nitrogens with two attached hydrogens (primary N) is 1. The molecule has 0 aromatic carbocycles. The summed E-state index contributed by atoms with van der Waals surface area (Å²) in [5.74, 6) is -0.316. The Morgan fingerprint density at radius 1 is 1.64 bits per heavy atom. The fourth-order valence-corrected chi connectivity index (χ4v) is 1.18. The molecule has 0 aliphatic carbocycles. The van der Waals surface area contributed by atoms with Gasteiger partial charge >= 0.3 is 0 Å². The average Bonchev–Trinajstić information content (AvgIpc) is 2.18. The van der Waals surface area contributed by atoms with E-state index >= 15 is 0 Å². The summed E-state index contributed by atoms with van der Waals surface area (Å²) in [6.07, 6.45) is 0. The first-order valence-corrected chi connectivity index (χ1v) is 4.83. The molecule has 0 heterocycles. The molecule has 0 saturated heterocycles. The van der Waals surface area contributed by atoms with Gasteiger partial charge in [-0.15, -0.1) is 0 Å². The van der Waals surface area contributed by atoms with Crippen molar-refractivity contribution in [2.45, 2.75) is 13.0 Å². The maximum atomic E-state index is 11.0. The van der Waals surface area contributed by atoms with Gasteiger partial charge < -0.3 is 15.8 Å². The van der Waals surface area contributed by atoms with Crippen LogP contribution in [0, 0.1) is 0 Å². The summed E-state index contributed by atoms with van der Waals surface area (Å²) >= 11 is 0.